The number of hydrogen-bond acceptors (Lipinski definition) is 4. The van der Waals surface area contributed by atoms with E-state index in [1.807, 2.05) is 56.3 Å². The zero-order valence-electron chi connectivity index (χ0n) is 14.4. The fourth-order valence-corrected chi connectivity index (χ4v) is 2.49. The SMILES string of the molecule is COc1ccc(-c2ccnc(NC(=O)c3cc(C)ccc3C)n2)cc1. The van der Waals surface area contributed by atoms with E-state index in [1.165, 1.54) is 0 Å². The first-order chi connectivity index (χ1) is 12.1. The van der Waals surface area contributed by atoms with Crippen LogP contribution >= 0.6 is 0 Å². The van der Waals surface area contributed by atoms with Gasteiger partial charge in [0.05, 0.1) is 12.8 Å². The molecule has 0 aliphatic rings. The van der Waals surface area contributed by atoms with Crippen LogP contribution in [-0.2, 0) is 0 Å². The smallest absolute Gasteiger partial charge is 0.258 e. The number of hydrogen-bond donors (Lipinski definition) is 1. The predicted octanol–water partition coefficient (Wildman–Crippen LogP) is 4.02. The quantitative estimate of drug-likeness (QED) is 0.783. The van der Waals surface area contributed by atoms with Crippen molar-refractivity contribution in [2.75, 3.05) is 12.4 Å². The number of amides is 1. The summed E-state index contributed by atoms with van der Waals surface area (Å²) < 4.78 is 5.16. The van der Waals surface area contributed by atoms with E-state index in [4.69, 9.17) is 4.74 Å². The highest BCUT2D eigenvalue weighted by atomic mass is 16.5. The van der Waals surface area contributed by atoms with Crippen molar-refractivity contribution >= 4 is 11.9 Å². The molecule has 1 amide bonds. The number of methoxy groups -OCH3 is 1. The Balaban J connectivity index is 1.83. The molecule has 1 N–H and O–H groups in total. The average Bonchev–Trinajstić information content (AvgIpc) is 2.64. The molecule has 0 unspecified atom stereocenters. The zero-order chi connectivity index (χ0) is 17.8. The zero-order valence-corrected chi connectivity index (χ0v) is 14.4. The van der Waals surface area contributed by atoms with Gasteiger partial charge < -0.3 is 4.74 Å². The Labute approximate surface area is 146 Å². The number of nitrogens with one attached hydrogen (secondary N) is 1. The van der Waals surface area contributed by atoms with Gasteiger partial charge in [0.25, 0.3) is 5.91 Å². The maximum absolute atomic E-state index is 12.5. The van der Waals surface area contributed by atoms with Crippen molar-refractivity contribution in [3.63, 3.8) is 0 Å². The Kier molecular flexibility index (Phi) is 4.75. The van der Waals surface area contributed by atoms with Crippen molar-refractivity contribution in [2.24, 2.45) is 0 Å². The topological polar surface area (TPSA) is 64.1 Å². The molecule has 1 heterocycles. The van der Waals surface area contributed by atoms with Gasteiger partial charge in [0, 0.05) is 17.3 Å². The van der Waals surface area contributed by atoms with Crippen molar-refractivity contribution in [3.05, 3.63) is 71.4 Å². The molecule has 5 nitrogen and oxygen atoms in total. The van der Waals surface area contributed by atoms with Gasteiger partial charge in [-0.25, -0.2) is 9.97 Å². The lowest BCUT2D eigenvalue weighted by Gasteiger charge is -2.09. The van der Waals surface area contributed by atoms with Crippen molar-refractivity contribution in [3.8, 4) is 17.0 Å². The van der Waals surface area contributed by atoms with Crippen LogP contribution in [0.3, 0.4) is 0 Å². The molecule has 0 radical (unpaired) electrons. The number of aromatic nitrogens is 2. The summed E-state index contributed by atoms with van der Waals surface area (Å²) in [7, 11) is 1.63. The fourth-order valence-electron chi connectivity index (χ4n) is 2.49. The van der Waals surface area contributed by atoms with Gasteiger partial charge in [0.15, 0.2) is 0 Å². The molecule has 2 aromatic carbocycles. The molecule has 0 atom stereocenters. The Hall–Kier alpha value is -3.21. The largest absolute Gasteiger partial charge is 0.497 e. The maximum atomic E-state index is 12.5. The molecular weight excluding hydrogens is 314 g/mol. The monoisotopic (exact) mass is 333 g/mol. The Bertz CT molecular complexity index is 905. The molecule has 3 aromatic rings. The van der Waals surface area contributed by atoms with E-state index in [9.17, 15) is 4.79 Å². The summed E-state index contributed by atoms with van der Waals surface area (Å²) in [6.45, 7) is 3.86. The minimum absolute atomic E-state index is 0.215. The number of aryl methyl sites for hydroxylation is 2. The van der Waals surface area contributed by atoms with Gasteiger partial charge in [0.1, 0.15) is 5.75 Å². The molecule has 0 saturated carbocycles. The van der Waals surface area contributed by atoms with Crippen molar-refractivity contribution in [2.45, 2.75) is 13.8 Å². The van der Waals surface area contributed by atoms with Gasteiger partial charge in [-0.15, -0.1) is 0 Å². The van der Waals surface area contributed by atoms with E-state index >= 15 is 0 Å². The molecule has 0 bridgehead atoms. The number of carbonyl (C=O) groups is 1. The fraction of sp³-hybridized carbons (Fsp3) is 0.150. The van der Waals surface area contributed by atoms with Crippen LogP contribution in [0.15, 0.2) is 54.7 Å². The molecular formula is C20H19N3O2. The number of nitrogens with zero attached hydrogens (tertiary/aromatic N) is 2. The van der Waals surface area contributed by atoms with E-state index in [0.29, 0.717) is 5.56 Å². The number of benzene rings is 2. The summed E-state index contributed by atoms with van der Waals surface area (Å²) in [6.07, 6.45) is 1.63. The second-order valence-corrected chi connectivity index (χ2v) is 5.77. The van der Waals surface area contributed by atoms with E-state index in [1.54, 1.807) is 19.4 Å². The first kappa shape index (κ1) is 16.6. The van der Waals surface area contributed by atoms with Crippen LogP contribution in [0.2, 0.25) is 0 Å². The molecule has 0 fully saturated rings. The molecule has 0 spiro atoms. The van der Waals surface area contributed by atoms with Crippen LogP contribution in [0.1, 0.15) is 21.5 Å². The van der Waals surface area contributed by atoms with Gasteiger partial charge in [-0.1, -0.05) is 17.7 Å². The van der Waals surface area contributed by atoms with Crippen molar-refractivity contribution in [1.29, 1.82) is 0 Å². The summed E-state index contributed by atoms with van der Waals surface area (Å²) in [6, 6.07) is 15.1. The first-order valence-electron chi connectivity index (χ1n) is 7.93. The lowest BCUT2D eigenvalue weighted by Crippen LogP contribution is -2.15. The molecule has 126 valence electrons. The number of anilines is 1. The van der Waals surface area contributed by atoms with E-state index < -0.39 is 0 Å². The van der Waals surface area contributed by atoms with E-state index in [0.717, 1.165) is 28.1 Å². The minimum atomic E-state index is -0.215. The van der Waals surface area contributed by atoms with E-state index in [-0.39, 0.29) is 11.9 Å². The predicted molar refractivity (Wildman–Crippen MR) is 97.9 cm³/mol. The highest BCUT2D eigenvalue weighted by molar-refractivity contribution is 6.04. The van der Waals surface area contributed by atoms with E-state index in [2.05, 4.69) is 15.3 Å². The summed E-state index contributed by atoms with van der Waals surface area (Å²) in [4.78, 5) is 21.1. The van der Waals surface area contributed by atoms with Crippen LogP contribution in [0.25, 0.3) is 11.3 Å². The Morgan fingerprint density at radius 2 is 1.80 bits per heavy atom. The summed E-state index contributed by atoms with van der Waals surface area (Å²) >= 11 is 0. The summed E-state index contributed by atoms with van der Waals surface area (Å²) in [5.41, 5.74) is 4.22. The number of ether oxygens (including phenoxy) is 1. The number of carbonyl (C=O) groups excluding carboxylic acids is 1. The normalized spacial score (nSPS) is 10.4. The molecule has 1 aromatic heterocycles. The highest BCUT2D eigenvalue weighted by Gasteiger charge is 2.11. The molecule has 5 heteroatoms. The highest BCUT2D eigenvalue weighted by Crippen LogP contribution is 2.21. The van der Waals surface area contributed by atoms with Crippen LogP contribution in [0.4, 0.5) is 5.95 Å². The summed E-state index contributed by atoms with van der Waals surface area (Å²) in [5, 5.41) is 2.77. The Morgan fingerprint density at radius 1 is 1.04 bits per heavy atom. The van der Waals surface area contributed by atoms with Gasteiger partial charge in [0.2, 0.25) is 5.95 Å². The molecule has 0 aliphatic heterocycles. The second kappa shape index (κ2) is 7.13. The van der Waals surface area contributed by atoms with Crippen molar-refractivity contribution < 1.29 is 9.53 Å². The Morgan fingerprint density at radius 3 is 2.52 bits per heavy atom. The van der Waals surface area contributed by atoms with Crippen molar-refractivity contribution in [1.82, 2.24) is 9.97 Å². The lowest BCUT2D eigenvalue weighted by atomic mass is 10.1. The molecule has 25 heavy (non-hydrogen) atoms. The molecule has 0 saturated heterocycles. The molecule has 3 rings (SSSR count). The first-order valence-corrected chi connectivity index (χ1v) is 7.93. The third kappa shape index (κ3) is 3.83. The van der Waals surface area contributed by atoms with Crippen LogP contribution in [-0.4, -0.2) is 23.0 Å². The van der Waals surface area contributed by atoms with Gasteiger partial charge in [-0.2, -0.15) is 0 Å². The van der Waals surface area contributed by atoms with Crippen LogP contribution < -0.4 is 10.1 Å². The van der Waals surface area contributed by atoms with Gasteiger partial charge in [-0.3, -0.25) is 10.1 Å². The number of rotatable bonds is 4. The average molecular weight is 333 g/mol. The third-order valence-electron chi connectivity index (χ3n) is 3.90. The van der Waals surface area contributed by atoms with Gasteiger partial charge >= 0.3 is 0 Å². The third-order valence-corrected chi connectivity index (χ3v) is 3.90. The van der Waals surface area contributed by atoms with Gasteiger partial charge in [-0.05, 0) is 55.8 Å². The lowest BCUT2D eigenvalue weighted by molar-refractivity contribution is 0.102. The molecule has 0 aliphatic carbocycles. The minimum Gasteiger partial charge on any atom is -0.497 e. The van der Waals surface area contributed by atoms with Crippen LogP contribution in [0, 0.1) is 13.8 Å². The second-order valence-electron chi connectivity index (χ2n) is 5.77. The van der Waals surface area contributed by atoms with Crippen LogP contribution in [0.5, 0.6) is 5.75 Å². The summed E-state index contributed by atoms with van der Waals surface area (Å²) in [5.74, 6) is 0.841. The maximum Gasteiger partial charge on any atom is 0.258 e. The standard InChI is InChI=1S/C20H19N3O2/c1-13-4-5-14(2)17(12-13)19(24)23-20-21-11-10-18(22-20)15-6-8-16(25-3)9-7-15/h4-12H,1-3H3,(H,21,22,23,24).